The van der Waals surface area contributed by atoms with E-state index in [0.29, 0.717) is 0 Å². The lowest BCUT2D eigenvalue weighted by Gasteiger charge is -2.18. The second kappa shape index (κ2) is 6.00. The van der Waals surface area contributed by atoms with Gasteiger partial charge in [0.2, 0.25) is 0 Å². The Morgan fingerprint density at radius 2 is 1.86 bits per heavy atom. The summed E-state index contributed by atoms with van der Waals surface area (Å²) in [7, 11) is 1.71. The predicted octanol–water partition coefficient (Wildman–Crippen LogP) is 4.16. The van der Waals surface area contributed by atoms with Crippen molar-refractivity contribution in [3.63, 3.8) is 0 Å². The molecule has 0 radical (unpaired) electrons. The van der Waals surface area contributed by atoms with E-state index in [2.05, 4.69) is 53.8 Å². The molecule has 2 aromatic carbocycles. The minimum Gasteiger partial charge on any atom is -0.497 e. The average molecular weight is 280 g/mol. The minimum atomic E-state index is 0.918. The van der Waals surface area contributed by atoms with Crippen LogP contribution >= 0.6 is 0 Å². The number of nitrogens with one attached hydrogen (secondary N) is 1. The fourth-order valence-corrected chi connectivity index (χ4v) is 2.64. The summed E-state index contributed by atoms with van der Waals surface area (Å²) in [6.45, 7) is 2.08. The van der Waals surface area contributed by atoms with Crippen molar-refractivity contribution in [2.45, 2.75) is 26.2 Å². The van der Waals surface area contributed by atoms with Crippen LogP contribution in [0.3, 0.4) is 0 Å². The molecule has 0 bridgehead atoms. The zero-order valence-electron chi connectivity index (χ0n) is 12.5. The topological polar surface area (TPSA) is 33.6 Å². The third-order valence-corrected chi connectivity index (χ3v) is 3.85. The molecule has 0 saturated carbocycles. The zero-order chi connectivity index (χ0) is 14.7. The quantitative estimate of drug-likeness (QED) is 0.857. The normalized spacial score (nSPS) is 15.6. The fourth-order valence-electron chi connectivity index (χ4n) is 2.64. The molecule has 0 aliphatic heterocycles. The van der Waals surface area contributed by atoms with Crippen molar-refractivity contribution in [1.29, 1.82) is 0 Å². The maximum atomic E-state index is 5.30. The molecule has 3 heteroatoms. The number of hydrogen-bond donors (Lipinski definition) is 1. The van der Waals surface area contributed by atoms with Crippen LogP contribution in [0.2, 0.25) is 0 Å². The third-order valence-electron chi connectivity index (χ3n) is 3.85. The van der Waals surface area contributed by atoms with Crippen molar-refractivity contribution in [2.75, 3.05) is 12.5 Å². The summed E-state index contributed by atoms with van der Waals surface area (Å²) in [5, 5.41) is 4.61. The van der Waals surface area contributed by atoms with Crippen LogP contribution in [0.1, 0.15) is 29.5 Å². The smallest absolute Gasteiger partial charge is 0.119 e. The van der Waals surface area contributed by atoms with Crippen LogP contribution in [0, 0.1) is 6.92 Å². The first-order valence-corrected chi connectivity index (χ1v) is 7.33. The van der Waals surface area contributed by atoms with Crippen molar-refractivity contribution < 1.29 is 4.74 Å². The van der Waals surface area contributed by atoms with Crippen LogP contribution < -0.4 is 10.2 Å². The monoisotopic (exact) mass is 280 g/mol. The molecule has 3 nitrogen and oxygen atoms in total. The first kappa shape index (κ1) is 13.7. The molecule has 1 aliphatic rings. The number of nitrogens with zero attached hydrogens (tertiary/aromatic N) is 1. The van der Waals surface area contributed by atoms with Crippen LogP contribution in [0.15, 0.2) is 47.6 Å². The van der Waals surface area contributed by atoms with Crippen LogP contribution in [0.25, 0.3) is 0 Å². The molecule has 0 spiro atoms. The summed E-state index contributed by atoms with van der Waals surface area (Å²) in [4.78, 5) is 0. The Kier molecular flexibility index (Phi) is 3.91. The van der Waals surface area contributed by atoms with E-state index in [-0.39, 0.29) is 0 Å². The van der Waals surface area contributed by atoms with E-state index in [4.69, 9.17) is 4.74 Å². The number of methoxy groups -OCH3 is 1. The van der Waals surface area contributed by atoms with Crippen LogP contribution in [-0.2, 0) is 6.42 Å². The van der Waals surface area contributed by atoms with E-state index in [1.54, 1.807) is 7.11 Å². The lowest BCUT2D eigenvalue weighted by atomic mass is 9.90. The van der Waals surface area contributed by atoms with Gasteiger partial charge in [-0.1, -0.05) is 17.7 Å². The second-order valence-electron chi connectivity index (χ2n) is 5.41. The molecule has 1 aliphatic carbocycles. The van der Waals surface area contributed by atoms with Crippen LogP contribution in [-0.4, -0.2) is 12.8 Å². The number of benzene rings is 2. The molecule has 0 heterocycles. The standard InChI is InChI=1S/C18H20N2O/c1-13-6-8-15(9-7-13)19-20-18-5-3-4-14-12-16(21-2)10-11-17(14)18/h6-12,19H,3-5H2,1-2H3. The number of hydrogen-bond acceptors (Lipinski definition) is 3. The lowest BCUT2D eigenvalue weighted by Crippen LogP contribution is -2.13. The largest absolute Gasteiger partial charge is 0.497 e. The Morgan fingerprint density at radius 3 is 2.62 bits per heavy atom. The van der Waals surface area contributed by atoms with Gasteiger partial charge in [-0.15, -0.1) is 0 Å². The number of anilines is 1. The molecule has 2 aromatic rings. The van der Waals surface area contributed by atoms with Crippen molar-refractivity contribution >= 4 is 11.4 Å². The highest BCUT2D eigenvalue weighted by Crippen LogP contribution is 2.26. The van der Waals surface area contributed by atoms with E-state index in [1.165, 1.54) is 16.7 Å². The average Bonchev–Trinajstić information content (AvgIpc) is 2.53. The molecule has 0 atom stereocenters. The third kappa shape index (κ3) is 3.07. The molecule has 0 unspecified atom stereocenters. The maximum Gasteiger partial charge on any atom is 0.119 e. The first-order chi connectivity index (χ1) is 10.3. The van der Waals surface area contributed by atoms with Gasteiger partial charge in [-0.25, -0.2) is 0 Å². The summed E-state index contributed by atoms with van der Waals surface area (Å²) in [6, 6.07) is 14.5. The summed E-state index contributed by atoms with van der Waals surface area (Å²) < 4.78 is 5.30. The Morgan fingerprint density at radius 1 is 1.05 bits per heavy atom. The zero-order valence-corrected chi connectivity index (χ0v) is 12.5. The highest BCUT2D eigenvalue weighted by Gasteiger charge is 2.16. The molecule has 21 heavy (non-hydrogen) atoms. The molecule has 0 fully saturated rings. The van der Waals surface area contributed by atoms with Gasteiger partial charge in [0.25, 0.3) is 0 Å². The van der Waals surface area contributed by atoms with Gasteiger partial charge in [0, 0.05) is 5.56 Å². The highest BCUT2D eigenvalue weighted by atomic mass is 16.5. The Hall–Kier alpha value is -2.29. The summed E-state index contributed by atoms with van der Waals surface area (Å²) >= 11 is 0. The molecule has 0 saturated heterocycles. The number of ether oxygens (including phenoxy) is 1. The Bertz CT molecular complexity index is 659. The predicted molar refractivity (Wildman–Crippen MR) is 87.3 cm³/mol. The van der Waals surface area contributed by atoms with Gasteiger partial charge in [0.15, 0.2) is 0 Å². The summed E-state index contributed by atoms with van der Waals surface area (Å²) in [5.41, 5.74) is 9.13. The van der Waals surface area contributed by atoms with E-state index in [9.17, 15) is 0 Å². The fraction of sp³-hybridized carbons (Fsp3) is 0.278. The number of rotatable bonds is 3. The molecule has 108 valence electrons. The molecular formula is C18H20N2O. The highest BCUT2D eigenvalue weighted by molar-refractivity contribution is 6.03. The van der Waals surface area contributed by atoms with Crippen molar-refractivity contribution in [1.82, 2.24) is 0 Å². The van der Waals surface area contributed by atoms with Gasteiger partial charge in [0.1, 0.15) is 5.75 Å². The van der Waals surface area contributed by atoms with E-state index >= 15 is 0 Å². The van der Waals surface area contributed by atoms with E-state index in [0.717, 1.165) is 36.4 Å². The SMILES string of the molecule is COc1ccc2c(c1)CCCC2=NNc1ccc(C)cc1. The molecule has 0 aromatic heterocycles. The van der Waals surface area contributed by atoms with Crippen molar-refractivity contribution in [3.8, 4) is 5.75 Å². The van der Waals surface area contributed by atoms with Gasteiger partial charge in [0.05, 0.1) is 18.5 Å². The molecule has 0 amide bonds. The first-order valence-electron chi connectivity index (χ1n) is 7.33. The van der Waals surface area contributed by atoms with Gasteiger partial charge in [-0.3, -0.25) is 5.43 Å². The van der Waals surface area contributed by atoms with Crippen molar-refractivity contribution in [3.05, 3.63) is 59.2 Å². The number of hydrazone groups is 1. The lowest BCUT2D eigenvalue weighted by molar-refractivity contribution is 0.414. The molecule has 1 N–H and O–H groups in total. The van der Waals surface area contributed by atoms with Crippen LogP contribution in [0.4, 0.5) is 5.69 Å². The van der Waals surface area contributed by atoms with Gasteiger partial charge < -0.3 is 4.74 Å². The van der Waals surface area contributed by atoms with Crippen LogP contribution in [0.5, 0.6) is 5.75 Å². The maximum absolute atomic E-state index is 5.30. The number of fused-ring (bicyclic) bond motifs is 1. The van der Waals surface area contributed by atoms with Gasteiger partial charge >= 0.3 is 0 Å². The summed E-state index contributed by atoms with van der Waals surface area (Å²) in [6.07, 6.45) is 3.24. The van der Waals surface area contributed by atoms with E-state index in [1.807, 2.05) is 6.07 Å². The Labute approximate surface area is 125 Å². The number of aryl methyl sites for hydroxylation is 2. The molecule has 3 rings (SSSR count). The van der Waals surface area contributed by atoms with Gasteiger partial charge in [-0.05, 0) is 62.1 Å². The Balaban J connectivity index is 1.84. The van der Waals surface area contributed by atoms with Gasteiger partial charge in [-0.2, -0.15) is 5.10 Å². The second-order valence-corrected chi connectivity index (χ2v) is 5.41. The minimum absolute atomic E-state index is 0.918. The molecular weight excluding hydrogens is 260 g/mol. The summed E-state index contributed by atoms with van der Waals surface area (Å²) in [5.74, 6) is 0.918. The van der Waals surface area contributed by atoms with E-state index < -0.39 is 0 Å². The van der Waals surface area contributed by atoms with Crippen molar-refractivity contribution in [2.24, 2.45) is 5.10 Å².